The summed E-state index contributed by atoms with van der Waals surface area (Å²) in [5.41, 5.74) is 2.12. The molecule has 0 radical (unpaired) electrons. The van der Waals surface area contributed by atoms with Gasteiger partial charge in [-0.1, -0.05) is 12.1 Å². The van der Waals surface area contributed by atoms with Gasteiger partial charge in [0.25, 0.3) is 0 Å². The average Bonchev–Trinajstić information content (AvgIpc) is 3.24. The van der Waals surface area contributed by atoms with Crippen LogP contribution >= 0.6 is 0 Å². The van der Waals surface area contributed by atoms with Crippen LogP contribution in [0.5, 0.6) is 0 Å². The third kappa shape index (κ3) is 3.54. The van der Waals surface area contributed by atoms with Gasteiger partial charge in [-0.2, -0.15) is 0 Å². The molecule has 0 unspecified atom stereocenters. The molecule has 0 spiro atoms. The van der Waals surface area contributed by atoms with E-state index in [0.29, 0.717) is 17.9 Å². The van der Waals surface area contributed by atoms with Gasteiger partial charge >= 0.3 is 0 Å². The summed E-state index contributed by atoms with van der Waals surface area (Å²) in [6, 6.07) is 13.3. The highest BCUT2D eigenvalue weighted by Crippen LogP contribution is 2.24. The smallest absolute Gasteiger partial charge is 0.240 e. The number of amides is 2. The number of H-pyrrole nitrogens is 1. The number of fused-ring (bicyclic) bond motifs is 1. The lowest BCUT2D eigenvalue weighted by atomic mass is 10.3. The number of aromatic amines is 1. The molecule has 3 aromatic rings. The minimum Gasteiger partial charge on any atom is -0.342 e. The zero-order chi connectivity index (χ0) is 19.7. The molecule has 144 valence electrons. The van der Waals surface area contributed by atoms with E-state index in [1.165, 1.54) is 24.3 Å². The minimum atomic E-state index is -3.71. The maximum atomic E-state index is 12.5. The van der Waals surface area contributed by atoms with Crippen molar-refractivity contribution in [1.29, 1.82) is 0 Å². The Morgan fingerprint density at radius 1 is 1.00 bits per heavy atom. The van der Waals surface area contributed by atoms with E-state index in [0.717, 1.165) is 15.9 Å². The third-order valence-corrected chi connectivity index (χ3v) is 6.03. The van der Waals surface area contributed by atoms with Crippen LogP contribution in [0.15, 0.2) is 53.4 Å². The third-order valence-electron chi connectivity index (χ3n) is 4.55. The summed E-state index contributed by atoms with van der Waals surface area (Å²) < 4.78 is 27.5. The first-order valence-electron chi connectivity index (χ1n) is 8.83. The number of nitrogens with one attached hydrogen (secondary N) is 2. The van der Waals surface area contributed by atoms with Gasteiger partial charge in [0.05, 0.1) is 21.6 Å². The molecule has 2 N–H and O–H groups in total. The molecule has 1 aliphatic rings. The Morgan fingerprint density at radius 3 is 2.36 bits per heavy atom. The fraction of sp³-hybridized carbons (Fsp3) is 0.211. The van der Waals surface area contributed by atoms with E-state index in [4.69, 9.17) is 0 Å². The fourth-order valence-corrected chi connectivity index (χ4v) is 4.18. The summed E-state index contributed by atoms with van der Waals surface area (Å²) in [6.07, 6.45) is 0.785. The van der Waals surface area contributed by atoms with Crippen LogP contribution in [-0.4, -0.2) is 36.7 Å². The predicted octanol–water partition coefficient (Wildman–Crippen LogP) is 1.74. The van der Waals surface area contributed by atoms with Gasteiger partial charge in [0, 0.05) is 25.8 Å². The second-order valence-electron chi connectivity index (χ2n) is 6.47. The van der Waals surface area contributed by atoms with Crippen molar-refractivity contribution in [3.8, 4) is 0 Å². The maximum absolute atomic E-state index is 12.5. The number of nitrogens with zero attached hydrogens (tertiary/aromatic N) is 2. The molecular weight excluding hydrogens is 380 g/mol. The molecule has 1 fully saturated rings. The first kappa shape index (κ1) is 18.3. The van der Waals surface area contributed by atoms with E-state index in [1.807, 2.05) is 24.3 Å². The molecule has 2 amide bonds. The Balaban J connectivity index is 1.41. The van der Waals surface area contributed by atoms with E-state index in [1.54, 1.807) is 0 Å². The number of para-hydroxylation sites is 2. The van der Waals surface area contributed by atoms with Crippen molar-refractivity contribution in [2.75, 3.05) is 11.4 Å². The van der Waals surface area contributed by atoms with E-state index in [-0.39, 0.29) is 36.1 Å². The number of aromatic nitrogens is 2. The maximum Gasteiger partial charge on any atom is 0.240 e. The van der Waals surface area contributed by atoms with Gasteiger partial charge in [0.2, 0.25) is 21.8 Å². The minimum absolute atomic E-state index is 0.0694. The summed E-state index contributed by atoms with van der Waals surface area (Å²) in [7, 11) is -3.71. The van der Waals surface area contributed by atoms with Crippen molar-refractivity contribution in [3.05, 3.63) is 54.4 Å². The van der Waals surface area contributed by atoms with E-state index in [9.17, 15) is 18.0 Å². The highest BCUT2D eigenvalue weighted by Gasteiger charge is 2.30. The second-order valence-corrected chi connectivity index (χ2v) is 8.23. The Kier molecular flexibility index (Phi) is 4.70. The molecule has 1 saturated heterocycles. The van der Waals surface area contributed by atoms with Crippen LogP contribution in [0.4, 0.5) is 5.69 Å². The quantitative estimate of drug-likeness (QED) is 0.614. The number of rotatable bonds is 6. The van der Waals surface area contributed by atoms with Gasteiger partial charge < -0.3 is 4.98 Å². The molecule has 0 atom stereocenters. The predicted molar refractivity (Wildman–Crippen MR) is 103 cm³/mol. The summed E-state index contributed by atoms with van der Waals surface area (Å²) >= 11 is 0. The number of carbonyl (C=O) groups excluding carboxylic acids is 2. The van der Waals surface area contributed by atoms with Crippen molar-refractivity contribution >= 4 is 38.6 Å². The van der Waals surface area contributed by atoms with E-state index < -0.39 is 10.0 Å². The van der Waals surface area contributed by atoms with Crippen molar-refractivity contribution in [1.82, 2.24) is 14.7 Å². The molecule has 2 heterocycles. The number of carbonyl (C=O) groups is 2. The second kappa shape index (κ2) is 7.17. The standard InChI is InChI=1S/C19H18N4O4S/c24-18-9-10-19(25)23(18)13-5-7-14(8-6-13)28(26,27)20-12-11-17-21-15-3-1-2-4-16(15)22-17/h1-8,20H,9-12H2,(H,21,22). The van der Waals surface area contributed by atoms with E-state index >= 15 is 0 Å². The van der Waals surface area contributed by atoms with Gasteiger partial charge in [-0.05, 0) is 36.4 Å². The van der Waals surface area contributed by atoms with Crippen LogP contribution in [0.25, 0.3) is 11.0 Å². The zero-order valence-electron chi connectivity index (χ0n) is 14.9. The number of imidazole rings is 1. The molecule has 8 nitrogen and oxygen atoms in total. The number of sulfonamides is 1. The van der Waals surface area contributed by atoms with Crippen LogP contribution in [0, 0.1) is 0 Å². The number of benzene rings is 2. The largest absolute Gasteiger partial charge is 0.342 e. The Bertz CT molecular complexity index is 1100. The Labute approximate surface area is 161 Å². The van der Waals surface area contributed by atoms with Gasteiger partial charge in [-0.15, -0.1) is 0 Å². The highest BCUT2D eigenvalue weighted by atomic mass is 32.2. The average molecular weight is 398 g/mol. The van der Waals surface area contributed by atoms with Crippen LogP contribution < -0.4 is 9.62 Å². The number of anilines is 1. The number of imide groups is 1. The number of hydrogen-bond donors (Lipinski definition) is 2. The van der Waals surface area contributed by atoms with Crippen LogP contribution in [0.2, 0.25) is 0 Å². The van der Waals surface area contributed by atoms with Gasteiger partial charge in [0.1, 0.15) is 5.82 Å². The Morgan fingerprint density at radius 2 is 1.68 bits per heavy atom. The topological polar surface area (TPSA) is 112 Å². The van der Waals surface area contributed by atoms with Gasteiger partial charge in [-0.25, -0.2) is 18.1 Å². The molecule has 4 rings (SSSR count). The van der Waals surface area contributed by atoms with Crippen LogP contribution in [0.1, 0.15) is 18.7 Å². The summed E-state index contributed by atoms with van der Waals surface area (Å²) in [5, 5.41) is 0. The molecule has 28 heavy (non-hydrogen) atoms. The van der Waals surface area contributed by atoms with Crippen LogP contribution in [-0.2, 0) is 26.0 Å². The normalized spacial score (nSPS) is 14.9. The van der Waals surface area contributed by atoms with E-state index in [2.05, 4.69) is 14.7 Å². The lowest BCUT2D eigenvalue weighted by Gasteiger charge is -2.14. The lowest BCUT2D eigenvalue weighted by molar-refractivity contribution is -0.121. The first-order chi connectivity index (χ1) is 13.4. The first-order valence-corrected chi connectivity index (χ1v) is 10.3. The SMILES string of the molecule is O=C1CCC(=O)N1c1ccc(S(=O)(=O)NCCc2nc3ccccc3[nH]2)cc1. The molecule has 9 heteroatoms. The van der Waals surface area contributed by atoms with Gasteiger partial charge in [-0.3, -0.25) is 14.5 Å². The molecule has 1 aromatic heterocycles. The van der Waals surface area contributed by atoms with Crippen LogP contribution in [0.3, 0.4) is 0 Å². The Hall–Kier alpha value is -3.04. The molecule has 1 aliphatic heterocycles. The molecule has 0 saturated carbocycles. The van der Waals surface area contributed by atoms with Crippen molar-refractivity contribution in [2.24, 2.45) is 0 Å². The monoisotopic (exact) mass is 398 g/mol. The number of hydrogen-bond acceptors (Lipinski definition) is 5. The lowest BCUT2D eigenvalue weighted by Crippen LogP contribution is -2.29. The van der Waals surface area contributed by atoms with Crippen molar-refractivity contribution in [3.63, 3.8) is 0 Å². The molecular formula is C19H18N4O4S. The molecule has 0 bridgehead atoms. The summed E-state index contributed by atoms with van der Waals surface area (Å²) in [5.74, 6) is 0.152. The molecule has 0 aliphatic carbocycles. The molecule has 2 aromatic carbocycles. The highest BCUT2D eigenvalue weighted by molar-refractivity contribution is 7.89. The zero-order valence-corrected chi connectivity index (χ0v) is 15.7. The summed E-state index contributed by atoms with van der Waals surface area (Å²) in [6.45, 7) is 0.188. The summed E-state index contributed by atoms with van der Waals surface area (Å²) in [4.78, 5) is 32.3. The van der Waals surface area contributed by atoms with Crippen molar-refractivity contribution in [2.45, 2.75) is 24.2 Å². The fourth-order valence-electron chi connectivity index (χ4n) is 3.15. The van der Waals surface area contributed by atoms with Crippen molar-refractivity contribution < 1.29 is 18.0 Å². The van der Waals surface area contributed by atoms with Gasteiger partial charge in [0.15, 0.2) is 0 Å².